The van der Waals surface area contributed by atoms with Crippen LogP contribution in [-0.2, 0) is 0 Å². The quantitative estimate of drug-likeness (QED) is 0.648. The van der Waals surface area contributed by atoms with E-state index in [1.54, 1.807) is 0 Å². The Morgan fingerprint density at radius 2 is 1.75 bits per heavy atom. The van der Waals surface area contributed by atoms with Gasteiger partial charge in [0.15, 0.2) is 0 Å². The number of nitrogens with zero attached hydrogens (tertiary/aromatic N) is 1. The largest absolute Gasteiger partial charge is 0.326 e. The van der Waals surface area contributed by atoms with Crippen LogP contribution in [0.5, 0.6) is 0 Å². The van der Waals surface area contributed by atoms with Crippen molar-refractivity contribution in [1.29, 1.82) is 0 Å². The summed E-state index contributed by atoms with van der Waals surface area (Å²) in [5, 5.41) is 0. The summed E-state index contributed by atoms with van der Waals surface area (Å²) in [5.74, 6) is 2.39. The van der Waals surface area contributed by atoms with Gasteiger partial charge >= 0.3 is 0 Å². The lowest BCUT2D eigenvalue weighted by Gasteiger charge is -2.36. The van der Waals surface area contributed by atoms with Crippen molar-refractivity contribution in [2.45, 2.75) is 33.2 Å². The second-order valence-electron chi connectivity index (χ2n) is 5.67. The maximum Gasteiger partial charge on any atom is 0.285 e. The summed E-state index contributed by atoms with van der Waals surface area (Å²) in [6.45, 7) is 10.6. The van der Waals surface area contributed by atoms with Crippen LogP contribution in [-0.4, -0.2) is 23.7 Å². The van der Waals surface area contributed by atoms with Crippen LogP contribution in [0.1, 0.15) is 27.7 Å². The molecule has 0 saturated carbocycles. The van der Waals surface area contributed by atoms with Crippen molar-refractivity contribution in [3.05, 3.63) is 41.9 Å². The average Bonchev–Trinajstić information content (AvgIpc) is 2.61. The summed E-state index contributed by atoms with van der Waals surface area (Å²) < 4.78 is 0. The molecule has 0 aliphatic carbocycles. The highest BCUT2D eigenvalue weighted by atomic mass is 15.1. The van der Waals surface area contributed by atoms with Gasteiger partial charge in [0.05, 0.1) is 0 Å². The van der Waals surface area contributed by atoms with E-state index >= 15 is 0 Å². The highest BCUT2D eigenvalue weighted by Gasteiger charge is 2.35. The molecule has 0 spiro atoms. The molecule has 0 aromatic heterocycles. The van der Waals surface area contributed by atoms with E-state index in [9.17, 15) is 0 Å². The van der Waals surface area contributed by atoms with Crippen LogP contribution >= 0.6 is 0 Å². The highest BCUT2D eigenvalue weighted by molar-refractivity contribution is 6.76. The van der Waals surface area contributed by atoms with Crippen molar-refractivity contribution in [2.75, 3.05) is 6.54 Å². The van der Waals surface area contributed by atoms with Crippen molar-refractivity contribution in [1.82, 2.24) is 4.81 Å². The summed E-state index contributed by atoms with van der Waals surface area (Å²) in [7, 11) is 0. The zero-order valence-corrected chi connectivity index (χ0v) is 10.7. The number of benzene rings is 1. The molecule has 0 saturated heterocycles. The molecule has 0 bridgehead atoms. The summed E-state index contributed by atoms with van der Waals surface area (Å²) in [6.07, 6.45) is 0. The SMILES string of the molecule is CC1=CB(c2ccccc2)N(C(C)(C)C)C1. The Bertz CT molecular complexity index is 389. The molecule has 0 amide bonds. The molecule has 1 aromatic carbocycles. The Labute approximate surface area is 99.3 Å². The van der Waals surface area contributed by atoms with Gasteiger partial charge < -0.3 is 4.81 Å². The van der Waals surface area contributed by atoms with Gasteiger partial charge in [0.25, 0.3) is 6.85 Å². The molecule has 1 aliphatic rings. The molecule has 16 heavy (non-hydrogen) atoms. The fraction of sp³-hybridized carbons (Fsp3) is 0.429. The smallest absolute Gasteiger partial charge is 0.285 e. The Kier molecular flexibility index (Phi) is 2.94. The van der Waals surface area contributed by atoms with E-state index in [0.29, 0.717) is 6.85 Å². The van der Waals surface area contributed by atoms with E-state index in [1.165, 1.54) is 11.0 Å². The molecule has 0 fully saturated rings. The minimum Gasteiger partial charge on any atom is -0.326 e. The first kappa shape index (κ1) is 11.5. The molecule has 1 nitrogen and oxygen atoms in total. The summed E-state index contributed by atoms with van der Waals surface area (Å²) in [4.78, 5) is 2.55. The third kappa shape index (κ3) is 2.22. The van der Waals surface area contributed by atoms with Gasteiger partial charge in [0.1, 0.15) is 0 Å². The monoisotopic (exact) mass is 213 g/mol. The van der Waals surface area contributed by atoms with Gasteiger partial charge in [-0.25, -0.2) is 0 Å². The van der Waals surface area contributed by atoms with Crippen molar-refractivity contribution in [2.24, 2.45) is 0 Å². The molecule has 1 heterocycles. The Morgan fingerprint density at radius 1 is 1.12 bits per heavy atom. The lowest BCUT2D eigenvalue weighted by molar-refractivity contribution is 0.275. The highest BCUT2D eigenvalue weighted by Crippen LogP contribution is 2.22. The van der Waals surface area contributed by atoms with Crippen LogP contribution in [0, 0.1) is 0 Å². The van der Waals surface area contributed by atoms with Crippen molar-refractivity contribution >= 4 is 12.3 Å². The maximum absolute atomic E-state index is 2.55. The van der Waals surface area contributed by atoms with Crippen LogP contribution < -0.4 is 5.46 Å². The van der Waals surface area contributed by atoms with Crippen molar-refractivity contribution < 1.29 is 0 Å². The van der Waals surface area contributed by atoms with E-state index < -0.39 is 0 Å². The Hall–Kier alpha value is -1.02. The molecule has 84 valence electrons. The van der Waals surface area contributed by atoms with E-state index in [-0.39, 0.29) is 5.54 Å². The summed E-state index contributed by atoms with van der Waals surface area (Å²) in [6, 6.07) is 10.8. The van der Waals surface area contributed by atoms with Gasteiger partial charge in [-0.15, -0.1) is 0 Å². The van der Waals surface area contributed by atoms with E-state index in [2.05, 4.69) is 68.8 Å². The van der Waals surface area contributed by atoms with Crippen LogP contribution in [0.15, 0.2) is 41.9 Å². The second kappa shape index (κ2) is 4.10. The topological polar surface area (TPSA) is 3.24 Å². The number of rotatable bonds is 1. The zero-order chi connectivity index (χ0) is 11.8. The molecule has 1 aliphatic heterocycles. The molecule has 0 N–H and O–H groups in total. The molecule has 2 heteroatoms. The van der Waals surface area contributed by atoms with Crippen molar-refractivity contribution in [3.63, 3.8) is 0 Å². The fourth-order valence-electron chi connectivity index (χ4n) is 2.36. The van der Waals surface area contributed by atoms with Gasteiger partial charge in [0.2, 0.25) is 0 Å². The molecule has 2 rings (SSSR count). The first-order chi connectivity index (χ1) is 7.48. The van der Waals surface area contributed by atoms with E-state index in [1.807, 2.05) is 0 Å². The lowest BCUT2D eigenvalue weighted by Crippen LogP contribution is -2.53. The molecule has 0 unspecified atom stereocenters. The fourth-order valence-corrected chi connectivity index (χ4v) is 2.36. The molecule has 0 atom stereocenters. The van der Waals surface area contributed by atoms with Crippen LogP contribution in [0.3, 0.4) is 0 Å². The van der Waals surface area contributed by atoms with E-state index in [0.717, 1.165) is 6.54 Å². The second-order valence-corrected chi connectivity index (χ2v) is 5.67. The standard InChI is InChI=1S/C14H20BN/c1-12-10-15(13-8-6-5-7-9-13)16(11-12)14(2,3)4/h5-10H,11H2,1-4H3. The first-order valence-electron chi connectivity index (χ1n) is 5.97. The van der Waals surface area contributed by atoms with Crippen molar-refractivity contribution in [3.8, 4) is 0 Å². The predicted octanol–water partition coefficient (Wildman–Crippen LogP) is 2.48. The zero-order valence-electron chi connectivity index (χ0n) is 10.7. The van der Waals surface area contributed by atoms with E-state index in [4.69, 9.17) is 0 Å². The minimum absolute atomic E-state index is 0.217. The minimum atomic E-state index is 0.217. The average molecular weight is 213 g/mol. The molecular weight excluding hydrogens is 193 g/mol. The normalized spacial score (nSPS) is 17.8. The predicted molar refractivity (Wildman–Crippen MR) is 72.0 cm³/mol. The number of hydrogen-bond acceptors (Lipinski definition) is 1. The molecular formula is C14H20BN. The third-order valence-corrected chi connectivity index (χ3v) is 3.20. The molecule has 0 radical (unpaired) electrons. The third-order valence-electron chi connectivity index (χ3n) is 3.20. The van der Waals surface area contributed by atoms with Gasteiger partial charge in [-0.3, -0.25) is 0 Å². The molecule has 1 aromatic rings. The van der Waals surface area contributed by atoms with Crippen LogP contribution in [0.25, 0.3) is 0 Å². The maximum atomic E-state index is 2.55. The first-order valence-corrected chi connectivity index (χ1v) is 5.97. The van der Waals surface area contributed by atoms with Gasteiger partial charge in [-0.1, -0.05) is 47.3 Å². The Morgan fingerprint density at radius 3 is 2.31 bits per heavy atom. The summed E-state index contributed by atoms with van der Waals surface area (Å²) >= 11 is 0. The number of hydrogen-bond donors (Lipinski definition) is 0. The van der Waals surface area contributed by atoms with Gasteiger partial charge in [-0.2, -0.15) is 0 Å². The van der Waals surface area contributed by atoms with Gasteiger partial charge in [-0.05, 0) is 27.7 Å². The summed E-state index contributed by atoms with van der Waals surface area (Å²) in [5.41, 5.74) is 3.09. The van der Waals surface area contributed by atoms with Crippen LogP contribution in [0.2, 0.25) is 0 Å². The Balaban J connectivity index is 2.32. The van der Waals surface area contributed by atoms with Gasteiger partial charge in [0, 0.05) is 12.1 Å². The van der Waals surface area contributed by atoms with Crippen LogP contribution in [0.4, 0.5) is 0 Å². The lowest BCUT2D eigenvalue weighted by atomic mass is 9.54.